The molecule has 0 N–H and O–H groups in total. The van der Waals surface area contributed by atoms with E-state index in [1.807, 2.05) is 0 Å². The zero-order chi connectivity index (χ0) is 16.4. The van der Waals surface area contributed by atoms with Gasteiger partial charge >= 0.3 is 11.6 Å². The molecule has 0 aliphatic carbocycles. The number of methoxy groups -OCH3 is 1. The predicted molar refractivity (Wildman–Crippen MR) is 80.7 cm³/mol. The molecule has 4 heterocycles. The van der Waals surface area contributed by atoms with Gasteiger partial charge in [0.25, 0.3) is 0 Å². The molecule has 7 heteroatoms. The van der Waals surface area contributed by atoms with Crippen molar-refractivity contribution in [3.05, 3.63) is 33.2 Å². The molecule has 0 bridgehead atoms. The molecule has 1 fully saturated rings. The first kappa shape index (κ1) is 13.9. The monoisotopic (exact) mass is 330 g/mol. The predicted octanol–water partition coefficient (Wildman–Crippen LogP) is 1.74. The van der Waals surface area contributed by atoms with Crippen molar-refractivity contribution in [2.45, 2.75) is 25.0 Å². The van der Waals surface area contributed by atoms with Crippen molar-refractivity contribution in [2.75, 3.05) is 20.3 Å². The molecule has 1 saturated heterocycles. The lowest BCUT2D eigenvalue weighted by molar-refractivity contribution is -0.0337. The van der Waals surface area contributed by atoms with E-state index < -0.39 is 11.6 Å². The highest BCUT2D eigenvalue weighted by Crippen LogP contribution is 2.50. The van der Waals surface area contributed by atoms with Gasteiger partial charge in [-0.25, -0.2) is 9.59 Å². The highest BCUT2D eigenvalue weighted by atomic mass is 16.7. The van der Waals surface area contributed by atoms with E-state index in [0.717, 1.165) is 12.0 Å². The van der Waals surface area contributed by atoms with E-state index in [9.17, 15) is 9.59 Å². The van der Waals surface area contributed by atoms with Crippen LogP contribution in [0.3, 0.4) is 0 Å². The average Bonchev–Trinajstić information content (AvgIpc) is 3.14. The number of carbonyl (C=O) groups is 1. The van der Waals surface area contributed by atoms with Gasteiger partial charge in [-0.15, -0.1) is 0 Å². The zero-order valence-electron chi connectivity index (χ0n) is 12.9. The summed E-state index contributed by atoms with van der Waals surface area (Å²) >= 11 is 0. The lowest BCUT2D eigenvalue weighted by Gasteiger charge is -2.19. The molecular formula is C17H14O7. The Morgan fingerprint density at radius 2 is 2.12 bits per heavy atom. The summed E-state index contributed by atoms with van der Waals surface area (Å²) in [5.41, 5.74) is 1.16. The van der Waals surface area contributed by atoms with Crippen LogP contribution in [0.25, 0.3) is 11.0 Å². The van der Waals surface area contributed by atoms with Crippen molar-refractivity contribution in [2.24, 2.45) is 0 Å². The maximum absolute atomic E-state index is 12.4. The number of ether oxygens (including phenoxy) is 4. The summed E-state index contributed by atoms with van der Waals surface area (Å²) in [5, 5.41) is 0.652. The molecule has 7 nitrogen and oxygen atoms in total. The smallest absolute Gasteiger partial charge is 0.351 e. The molecule has 0 spiro atoms. The second kappa shape index (κ2) is 4.73. The second-order valence-electron chi connectivity index (χ2n) is 6.08. The number of cyclic esters (lactones) is 1. The fraction of sp³-hybridized carbons (Fsp3) is 0.412. The van der Waals surface area contributed by atoms with Crippen molar-refractivity contribution in [1.29, 1.82) is 0 Å². The van der Waals surface area contributed by atoms with Gasteiger partial charge in [-0.3, -0.25) is 0 Å². The van der Waals surface area contributed by atoms with Crippen molar-refractivity contribution in [3.63, 3.8) is 0 Å². The van der Waals surface area contributed by atoms with Crippen LogP contribution in [-0.2, 0) is 15.9 Å². The molecule has 3 aliphatic heterocycles. The number of carbonyl (C=O) groups excluding carboxylic acids is 1. The van der Waals surface area contributed by atoms with Gasteiger partial charge < -0.3 is 23.4 Å². The van der Waals surface area contributed by atoms with E-state index in [2.05, 4.69) is 0 Å². The Morgan fingerprint density at radius 1 is 1.25 bits per heavy atom. The Morgan fingerprint density at radius 3 is 2.96 bits per heavy atom. The fourth-order valence-corrected chi connectivity index (χ4v) is 3.88. The van der Waals surface area contributed by atoms with E-state index in [4.69, 9.17) is 23.4 Å². The molecule has 0 saturated carbocycles. The van der Waals surface area contributed by atoms with Gasteiger partial charge in [0.2, 0.25) is 6.29 Å². The molecule has 0 unspecified atom stereocenters. The van der Waals surface area contributed by atoms with Crippen LogP contribution in [0.1, 0.15) is 33.8 Å². The number of esters is 1. The first-order chi connectivity index (χ1) is 11.7. The van der Waals surface area contributed by atoms with Crippen LogP contribution >= 0.6 is 0 Å². The van der Waals surface area contributed by atoms with Crippen LogP contribution in [0.4, 0.5) is 0 Å². The van der Waals surface area contributed by atoms with Crippen LogP contribution in [-0.4, -0.2) is 32.6 Å². The molecule has 2 aromatic rings. The number of hydrogen-bond donors (Lipinski definition) is 0. The first-order valence-corrected chi connectivity index (χ1v) is 7.85. The fourth-order valence-electron chi connectivity index (χ4n) is 3.88. The van der Waals surface area contributed by atoms with Crippen molar-refractivity contribution in [1.82, 2.24) is 0 Å². The third-order valence-electron chi connectivity index (χ3n) is 4.91. The Hall–Kier alpha value is -2.54. The lowest BCUT2D eigenvalue weighted by Crippen LogP contribution is -2.26. The Balaban J connectivity index is 1.91. The molecule has 124 valence electrons. The second-order valence-corrected chi connectivity index (χ2v) is 6.08. The molecule has 5 rings (SSSR count). The third kappa shape index (κ3) is 1.65. The standard InChI is InChI=1S/C17H14O7/c1-20-9-6-10-12(8-3-5-22-17(8)23-10)14-11(9)7-2-4-21-15(18)13(7)16(19)24-14/h6,8,17H,2-5H2,1H3/t8-,17-/m0/s1. The van der Waals surface area contributed by atoms with Crippen LogP contribution in [0.5, 0.6) is 11.5 Å². The van der Waals surface area contributed by atoms with E-state index in [0.29, 0.717) is 41.1 Å². The Bertz CT molecular complexity index is 942. The summed E-state index contributed by atoms with van der Waals surface area (Å²) in [6, 6.07) is 1.78. The average molecular weight is 330 g/mol. The highest BCUT2D eigenvalue weighted by Gasteiger charge is 2.43. The summed E-state index contributed by atoms with van der Waals surface area (Å²) < 4.78 is 27.4. The molecule has 2 atom stereocenters. The normalized spacial score (nSPS) is 24.1. The van der Waals surface area contributed by atoms with Crippen molar-refractivity contribution < 1.29 is 28.2 Å². The first-order valence-electron chi connectivity index (χ1n) is 7.85. The molecule has 3 aliphatic rings. The summed E-state index contributed by atoms with van der Waals surface area (Å²) in [6.45, 7) is 0.833. The highest BCUT2D eigenvalue weighted by molar-refractivity contribution is 6.01. The number of rotatable bonds is 1. The van der Waals surface area contributed by atoms with Crippen LogP contribution in [0.2, 0.25) is 0 Å². The molecule has 0 radical (unpaired) electrons. The van der Waals surface area contributed by atoms with E-state index in [1.165, 1.54) is 7.11 Å². The quantitative estimate of drug-likeness (QED) is 0.581. The molecule has 1 aromatic carbocycles. The van der Waals surface area contributed by atoms with Gasteiger partial charge in [0.1, 0.15) is 22.6 Å². The van der Waals surface area contributed by atoms with Gasteiger partial charge in [-0.05, 0) is 12.0 Å². The van der Waals surface area contributed by atoms with Crippen molar-refractivity contribution in [3.8, 4) is 11.5 Å². The summed E-state index contributed by atoms with van der Waals surface area (Å²) in [6.07, 6.45) is 0.882. The molecule has 1 aromatic heterocycles. The summed E-state index contributed by atoms with van der Waals surface area (Å²) in [7, 11) is 1.53. The largest absolute Gasteiger partial charge is 0.496 e. The zero-order valence-corrected chi connectivity index (χ0v) is 12.9. The van der Waals surface area contributed by atoms with Crippen LogP contribution < -0.4 is 15.1 Å². The number of fused-ring (bicyclic) bond motifs is 7. The van der Waals surface area contributed by atoms with Crippen molar-refractivity contribution >= 4 is 16.9 Å². The minimum Gasteiger partial charge on any atom is -0.496 e. The van der Waals surface area contributed by atoms with Gasteiger partial charge in [0.15, 0.2) is 0 Å². The van der Waals surface area contributed by atoms with Gasteiger partial charge in [0, 0.05) is 18.1 Å². The number of benzene rings is 1. The maximum atomic E-state index is 12.4. The van der Waals surface area contributed by atoms with E-state index in [1.54, 1.807) is 6.07 Å². The third-order valence-corrected chi connectivity index (χ3v) is 4.91. The van der Waals surface area contributed by atoms with Gasteiger partial charge in [0.05, 0.1) is 31.6 Å². The molecule has 0 amide bonds. The van der Waals surface area contributed by atoms with E-state index in [-0.39, 0.29) is 24.4 Å². The maximum Gasteiger partial charge on any atom is 0.351 e. The van der Waals surface area contributed by atoms with Crippen LogP contribution in [0.15, 0.2) is 15.3 Å². The SMILES string of the molecule is COc1cc2c(c3oc(=O)c4c(c13)CCOC4=O)[C@@H]1CCO[C@H]1O2. The minimum atomic E-state index is -0.681. The Kier molecular flexibility index (Phi) is 2.73. The number of hydrogen-bond acceptors (Lipinski definition) is 7. The van der Waals surface area contributed by atoms with Gasteiger partial charge in [-0.1, -0.05) is 0 Å². The minimum absolute atomic E-state index is 0.0187. The van der Waals surface area contributed by atoms with Gasteiger partial charge in [-0.2, -0.15) is 0 Å². The summed E-state index contributed by atoms with van der Waals surface area (Å²) in [4.78, 5) is 24.4. The molecular weight excluding hydrogens is 316 g/mol. The van der Waals surface area contributed by atoms with E-state index >= 15 is 0 Å². The summed E-state index contributed by atoms with van der Waals surface area (Å²) in [5.74, 6) is 0.492. The lowest BCUT2D eigenvalue weighted by atomic mass is 9.92. The Labute approximate surface area is 136 Å². The van der Waals surface area contributed by atoms with Crippen LogP contribution in [0, 0.1) is 0 Å². The molecule has 24 heavy (non-hydrogen) atoms. The topological polar surface area (TPSA) is 84.2 Å².